The minimum absolute atomic E-state index is 0.121. The van der Waals surface area contributed by atoms with Gasteiger partial charge in [0, 0.05) is 18.5 Å². The number of carbonyl (C=O) groups excluding carboxylic acids is 1. The Kier molecular flexibility index (Phi) is 4.51. The molecule has 1 heterocycles. The van der Waals surface area contributed by atoms with E-state index in [1.54, 1.807) is 13.2 Å². The van der Waals surface area contributed by atoms with Crippen molar-refractivity contribution in [3.05, 3.63) is 65.2 Å². The lowest BCUT2D eigenvalue weighted by atomic mass is 9.93. The lowest BCUT2D eigenvalue weighted by Gasteiger charge is -2.34. The van der Waals surface area contributed by atoms with Gasteiger partial charge in [0.25, 0.3) is 0 Å². The third-order valence-electron chi connectivity index (χ3n) is 4.39. The van der Waals surface area contributed by atoms with E-state index >= 15 is 0 Å². The summed E-state index contributed by atoms with van der Waals surface area (Å²) >= 11 is 0. The summed E-state index contributed by atoms with van der Waals surface area (Å²) in [6, 6.07) is 14.1. The first-order valence-corrected chi connectivity index (χ1v) is 7.81. The van der Waals surface area contributed by atoms with Gasteiger partial charge in [0.2, 0.25) is 5.91 Å². The highest BCUT2D eigenvalue weighted by Gasteiger charge is 2.34. The van der Waals surface area contributed by atoms with Gasteiger partial charge in [-0.1, -0.05) is 42.5 Å². The number of carboxylic acid groups (broad SMARTS) is 1. The molecular weight excluding hydrogens is 306 g/mol. The molecule has 3 rings (SSSR count). The largest absolute Gasteiger partial charge is 0.496 e. The summed E-state index contributed by atoms with van der Waals surface area (Å²) in [6.45, 7) is 0.321. The third-order valence-corrected chi connectivity index (χ3v) is 4.39. The van der Waals surface area contributed by atoms with E-state index in [-0.39, 0.29) is 12.3 Å². The predicted octanol–water partition coefficient (Wildman–Crippen LogP) is 2.28. The van der Waals surface area contributed by atoms with Crippen molar-refractivity contribution in [3.63, 3.8) is 0 Å². The summed E-state index contributed by atoms with van der Waals surface area (Å²) in [4.78, 5) is 25.9. The molecule has 5 nitrogen and oxygen atoms in total. The number of ether oxygens (including phenoxy) is 1. The molecule has 0 fully saturated rings. The molecule has 2 aromatic carbocycles. The van der Waals surface area contributed by atoms with E-state index in [9.17, 15) is 14.7 Å². The van der Waals surface area contributed by atoms with E-state index in [0.717, 1.165) is 16.7 Å². The fraction of sp³-hybridized carbons (Fsp3) is 0.263. The minimum Gasteiger partial charge on any atom is -0.496 e. The Balaban J connectivity index is 1.86. The summed E-state index contributed by atoms with van der Waals surface area (Å²) < 4.78 is 5.28. The third kappa shape index (κ3) is 3.11. The molecule has 0 bridgehead atoms. The minimum atomic E-state index is -0.974. The van der Waals surface area contributed by atoms with Crippen LogP contribution in [0.25, 0.3) is 0 Å². The number of carbonyl (C=O) groups is 2. The van der Waals surface area contributed by atoms with Crippen LogP contribution in [-0.2, 0) is 29.0 Å². The highest BCUT2D eigenvalue weighted by molar-refractivity contribution is 5.86. The quantitative estimate of drug-likeness (QED) is 0.936. The smallest absolute Gasteiger partial charge is 0.326 e. The van der Waals surface area contributed by atoms with Crippen LogP contribution in [0.5, 0.6) is 5.75 Å². The van der Waals surface area contributed by atoms with Gasteiger partial charge < -0.3 is 14.7 Å². The average molecular weight is 325 g/mol. The normalized spacial score (nSPS) is 16.4. The molecule has 24 heavy (non-hydrogen) atoms. The summed E-state index contributed by atoms with van der Waals surface area (Å²) in [5.41, 5.74) is 2.75. The second kappa shape index (κ2) is 6.74. The molecular formula is C19H19NO4. The lowest BCUT2D eigenvalue weighted by molar-refractivity contribution is -0.151. The molecule has 1 aliphatic rings. The van der Waals surface area contributed by atoms with Crippen molar-refractivity contribution in [1.82, 2.24) is 4.90 Å². The van der Waals surface area contributed by atoms with Crippen LogP contribution in [-0.4, -0.2) is 35.0 Å². The maximum absolute atomic E-state index is 12.8. The maximum Gasteiger partial charge on any atom is 0.326 e. The zero-order valence-electron chi connectivity index (χ0n) is 13.4. The molecule has 0 saturated heterocycles. The first kappa shape index (κ1) is 16.1. The van der Waals surface area contributed by atoms with Gasteiger partial charge in [-0.05, 0) is 17.2 Å². The van der Waals surface area contributed by atoms with Crippen LogP contribution in [0.4, 0.5) is 0 Å². The maximum atomic E-state index is 12.8. The Morgan fingerprint density at radius 1 is 1.12 bits per heavy atom. The van der Waals surface area contributed by atoms with E-state index in [2.05, 4.69) is 0 Å². The van der Waals surface area contributed by atoms with Crippen LogP contribution in [0.3, 0.4) is 0 Å². The molecule has 0 aromatic heterocycles. The first-order valence-electron chi connectivity index (χ1n) is 7.81. The van der Waals surface area contributed by atoms with Crippen LogP contribution < -0.4 is 4.74 Å². The Labute approximate surface area is 140 Å². The second-order valence-electron chi connectivity index (χ2n) is 5.84. The monoisotopic (exact) mass is 325 g/mol. The summed E-state index contributed by atoms with van der Waals surface area (Å²) in [5.74, 6) is -0.547. The molecule has 0 spiro atoms. The molecule has 5 heteroatoms. The van der Waals surface area contributed by atoms with E-state index in [0.29, 0.717) is 18.7 Å². The van der Waals surface area contributed by atoms with Crippen LogP contribution in [0.15, 0.2) is 48.5 Å². The summed E-state index contributed by atoms with van der Waals surface area (Å²) in [7, 11) is 1.56. The van der Waals surface area contributed by atoms with Crippen molar-refractivity contribution in [3.8, 4) is 5.75 Å². The highest BCUT2D eigenvalue weighted by atomic mass is 16.5. The Bertz CT molecular complexity index is 771. The fourth-order valence-electron chi connectivity index (χ4n) is 3.12. The number of para-hydroxylation sites is 1. The Morgan fingerprint density at radius 3 is 2.50 bits per heavy atom. The van der Waals surface area contributed by atoms with Gasteiger partial charge in [-0.3, -0.25) is 4.79 Å². The van der Waals surface area contributed by atoms with Crippen molar-refractivity contribution in [2.75, 3.05) is 7.11 Å². The van der Waals surface area contributed by atoms with Crippen molar-refractivity contribution in [1.29, 1.82) is 0 Å². The molecule has 0 radical (unpaired) electrons. The standard InChI is InChI=1S/C19H19NO4/c1-24-17-9-5-4-7-14(17)11-18(21)20-12-15-8-3-2-6-13(15)10-16(20)19(22)23/h2-9,16H,10-12H2,1H3,(H,22,23). The van der Waals surface area contributed by atoms with Crippen molar-refractivity contribution < 1.29 is 19.4 Å². The van der Waals surface area contributed by atoms with Gasteiger partial charge in [-0.2, -0.15) is 0 Å². The van der Waals surface area contributed by atoms with Crippen LogP contribution in [0.1, 0.15) is 16.7 Å². The van der Waals surface area contributed by atoms with Crippen LogP contribution in [0, 0.1) is 0 Å². The fourth-order valence-corrected chi connectivity index (χ4v) is 3.12. The first-order chi connectivity index (χ1) is 11.6. The number of rotatable bonds is 4. The molecule has 1 atom stereocenters. The number of hydrogen-bond acceptors (Lipinski definition) is 3. The number of nitrogens with zero attached hydrogens (tertiary/aromatic N) is 1. The SMILES string of the molecule is COc1ccccc1CC(=O)N1Cc2ccccc2CC1C(=O)O. The van der Waals surface area contributed by atoms with Gasteiger partial charge >= 0.3 is 5.97 Å². The highest BCUT2D eigenvalue weighted by Crippen LogP contribution is 2.25. The average Bonchev–Trinajstić information content (AvgIpc) is 2.61. The molecule has 1 N–H and O–H groups in total. The van der Waals surface area contributed by atoms with Crippen molar-refractivity contribution in [2.45, 2.75) is 25.4 Å². The molecule has 0 aliphatic carbocycles. The molecule has 0 saturated carbocycles. The molecule has 124 valence electrons. The topological polar surface area (TPSA) is 66.8 Å². The number of aliphatic carboxylic acids is 1. The van der Waals surface area contributed by atoms with E-state index in [4.69, 9.17) is 4.74 Å². The number of amides is 1. The molecule has 2 aromatic rings. The van der Waals surface area contributed by atoms with Crippen molar-refractivity contribution >= 4 is 11.9 Å². The van der Waals surface area contributed by atoms with E-state index in [1.165, 1.54) is 4.90 Å². The van der Waals surface area contributed by atoms with Crippen LogP contribution in [0.2, 0.25) is 0 Å². The zero-order valence-corrected chi connectivity index (χ0v) is 13.4. The van der Waals surface area contributed by atoms with E-state index in [1.807, 2.05) is 42.5 Å². The summed E-state index contributed by atoms with van der Waals surface area (Å²) in [5, 5.41) is 9.53. The molecule has 1 amide bonds. The van der Waals surface area contributed by atoms with Gasteiger partial charge in [-0.25, -0.2) is 4.79 Å². The number of hydrogen-bond donors (Lipinski definition) is 1. The van der Waals surface area contributed by atoms with Gasteiger partial charge in [0.15, 0.2) is 0 Å². The Morgan fingerprint density at radius 2 is 1.79 bits per heavy atom. The second-order valence-corrected chi connectivity index (χ2v) is 5.84. The Hall–Kier alpha value is -2.82. The predicted molar refractivity (Wildman–Crippen MR) is 88.8 cm³/mol. The van der Waals surface area contributed by atoms with Gasteiger partial charge in [0.05, 0.1) is 13.5 Å². The molecule has 1 unspecified atom stereocenters. The van der Waals surface area contributed by atoms with Crippen molar-refractivity contribution in [2.24, 2.45) is 0 Å². The number of methoxy groups -OCH3 is 1. The number of carboxylic acids is 1. The van der Waals surface area contributed by atoms with Gasteiger partial charge in [-0.15, -0.1) is 0 Å². The van der Waals surface area contributed by atoms with Crippen LogP contribution >= 0.6 is 0 Å². The number of benzene rings is 2. The summed E-state index contributed by atoms with van der Waals surface area (Å²) in [6.07, 6.45) is 0.457. The number of fused-ring (bicyclic) bond motifs is 1. The lowest BCUT2D eigenvalue weighted by Crippen LogP contribution is -2.49. The van der Waals surface area contributed by atoms with Gasteiger partial charge in [0.1, 0.15) is 11.8 Å². The molecule has 1 aliphatic heterocycles. The zero-order chi connectivity index (χ0) is 17.1. The van der Waals surface area contributed by atoms with E-state index < -0.39 is 12.0 Å².